The molecule has 6 nitrogen and oxygen atoms in total. The number of aliphatic hydroxyl groups is 2. The lowest BCUT2D eigenvalue weighted by Crippen LogP contribution is -2.46. The fourth-order valence-electron chi connectivity index (χ4n) is 8.09. The summed E-state index contributed by atoms with van der Waals surface area (Å²) in [6.45, 7) is 6.36. The van der Waals surface area contributed by atoms with E-state index in [-0.39, 0.29) is 24.9 Å². The van der Waals surface area contributed by atoms with Crippen molar-refractivity contribution in [2.75, 3.05) is 6.61 Å². The highest BCUT2D eigenvalue weighted by molar-refractivity contribution is 5.77. The Bertz CT molecular complexity index is 1070. The van der Waals surface area contributed by atoms with Crippen molar-refractivity contribution in [1.82, 2.24) is 5.32 Å². The van der Waals surface area contributed by atoms with Crippen LogP contribution in [-0.2, 0) is 14.3 Å². The Morgan fingerprint density at radius 1 is 0.484 bits per heavy atom. The topological polar surface area (TPSA) is 95.9 Å². The smallest absolute Gasteiger partial charge is 0.306 e. The minimum atomic E-state index is -0.793. The third-order valence-corrected chi connectivity index (χ3v) is 12.1. The number of ether oxygens (including phenoxy) is 1. The average Bonchev–Trinajstić information content (AvgIpc) is 3.26. The van der Waals surface area contributed by atoms with Gasteiger partial charge in [-0.15, -0.1) is 0 Å². The number of nitrogens with one attached hydrogen (secondary N) is 1. The minimum absolute atomic E-state index is 0.0627. The number of carbonyl (C=O) groups is 2. The maximum absolute atomic E-state index is 13.2. The van der Waals surface area contributed by atoms with E-state index in [4.69, 9.17) is 4.74 Å². The van der Waals surface area contributed by atoms with Crippen molar-refractivity contribution in [3.05, 3.63) is 48.6 Å². The van der Waals surface area contributed by atoms with Crippen molar-refractivity contribution >= 4 is 11.9 Å². The Balaban J connectivity index is 4.54. The second-order valence-corrected chi connectivity index (χ2v) is 18.2. The first-order chi connectivity index (χ1) is 30.5. The molecule has 0 fully saturated rings. The Hall–Kier alpha value is -2.18. The molecule has 362 valence electrons. The summed E-state index contributed by atoms with van der Waals surface area (Å²) >= 11 is 0. The Morgan fingerprint density at radius 3 is 1.34 bits per heavy atom. The standard InChI is InChI=1S/C56H103NO5/c1-4-7-10-13-16-19-22-24-26-27-28-29-30-32-34-37-40-43-46-49-56(61)62-52(47-44-41-38-35-33-31-25-23-20-17-14-11-8-5-2)50-55(60)57-53(51-58)54(59)48-45-42-39-36-21-18-15-12-9-6-3/h8,11,17,20,24-26,31,52-54,58-59H,4-7,9-10,12-16,18-19,21-23,27-30,32-51H2,1-3H3,(H,57,60)/b11-8+,20-17+,26-24+,31-25+. The van der Waals surface area contributed by atoms with E-state index in [0.717, 1.165) is 89.9 Å². The van der Waals surface area contributed by atoms with E-state index in [1.165, 1.54) is 135 Å². The number of unbranched alkanes of at least 4 members (excludes halogenated alkanes) is 28. The third kappa shape index (κ3) is 44.4. The van der Waals surface area contributed by atoms with Gasteiger partial charge in [0.1, 0.15) is 6.10 Å². The maximum atomic E-state index is 13.2. The normalized spacial score (nSPS) is 13.6. The van der Waals surface area contributed by atoms with E-state index in [1.54, 1.807) is 0 Å². The van der Waals surface area contributed by atoms with Crippen LogP contribution in [0.2, 0.25) is 0 Å². The zero-order valence-corrected chi connectivity index (χ0v) is 41.3. The van der Waals surface area contributed by atoms with Crippen molar-refractivity contribution in [1.29, 1.82) is 0 Å². The van der Waals surface area contributed by atoms with E-state index in [2.05, 4.69) is 74.7 Å². The molecule has 0 spiro atoms. The highest BCUT2D eigenvalue weighted by Gasteiger charge is 2.24. The van der Waals surface area contributed by atoms with Crippen LogP contribution in [0.1, 0.15) is 271 Å². The zero-order valence-electron chi connectivity index (χ0n) is 41.3. The summed E-state index contributed by atoms with van der Waals surface area (Å²) in [5.41, 5.74) is 0. The molecule has 3 unspecified atom stereocenters. The van der Waals surface area contributed by atoms with Gasteiger partial charge >= 0.3 is 5.97 Å². The van der Waals surface area contributed by atoms with Gasteiger partial charge in [-0.3, -0.25) is 9.59 Å². The first-order valence-electron chi connectivity index (χ1n) is 26.9. The van der Waals surface area contributed by atoms with E-state index in [0.29, 0.717) is 19.3 Å². The molecular formula is C56H103NO5. The predicted octanol–water partition coefficient (Wildman–Crippen LogP) is 16.2. The Morgan fingerprint density at radius 2 is 0.871 bits per heavy atom. The van der Waals surface area contributed by atoms with Crippen LogP contribution in [-0.4, -0.2) is 46.9 Å². The van der Waals surface area contributed by atoms with Gasteiger partial charge in [0.2, 0.25) is 5.91 Å². The molecule has 0 saturated carbocycles. The van der Waals surface area contributed by atoms with Crippen molar-refractivity contribution in [2.24, 2.45) is 0 Å². The van der Waals surface area contributed by atoms with Gasteiger partial charge in [-0.25, -0.2) is 0 Å². The molecule has 0 rings (SSSR count). The molecular weight excluding hydrogens is 767 g/mol. The Kier molecular flexibility index (Phi) is 48.1. The molecule has 0 aromatic heterocycles. The van der Waals surface area contributed by atoms with Crippen molar-refractivity contribution in [2.45, 2.75) is 289 Å². The van der Waals surface area contributed by atoms with Crippen LogP contribution in [0.3, 0.4) is 0 Å². The van der Waals surface area contributed by atoms with Crippen LogP contribution < -0.4 is 5.32 Å². The summed E-state index contributed by atoms with van der Waals surface area (Å²) in [6.07, 6.45) is 60.3. The lowest BCUT2D eigenvalue weighted by Gasteiger charge is -2.24. The summed E-state index contributed by atoms with van der Waals surface area (Å²) in [7, 11) is 0. The number of esters is 1. The van der Waals surface area contributed by atoms with Crippen molar-refractivity contribution in [3.8, 4) is 0 Å². The summed E-state index contributed by atoms with van der Waals surface area (Å²) in [5.74, 6) is -0.492. The Labute approximate surface area is 385 Å². The molecule has 0 aliphatic heterocycles. The quantitative estimate of drug-likeness (QED) is 0.0322. The van der Waals surface area contributed by atoms with Crippen LogP contribution in [0.4, 0.5) is 0 Å². The molecule has 3 N–H and O–H groups in total. The van der Waals surface area contributed by atoms with E-state index in [1.807, 2.05) is 0 Å². The third-order valence-electron chi connectivity index (χ3n) is 12.1. The maximum Gasteiger partial charge on any atom is 0.306 e. The molecule has 0 heterocycles. The van der Waals surface area contributed by atoms with Gasteiger partial charge in [0.15, 0.2) is 0 Å². The van der Waals surface area contributed by atoms with Crippen LogP contribution in [0.5, 0.6) is 0 Å². The summed E-state index contributed by atoms with van der Waals surface area (Å²) in [4.78, 5) is 26.2. The summed E-state index contributed by atoms with van der Waals surface area (Å²) in [6, 6.07) is -0.708. The van der Waals surface area contributed by atoms with Crippen LogP contribution in [0.15, 0.2) is 48.6 Å². The number of aliphatic hydroxyl groups excluding tert-OH is 2. The van der Waals surface area contributed by atoms with Gasteiger partial charge in [0.05, 0.1) is 25.2 Å². The minimum Gasteiger partial charge on any atom is -0.462 e. The van der Waals surface area contributed by atoms with Crippen LogP contribution in [0, 0.1) is 0 Å². The first-order valence-corrected chi connectivity index (χ1v) is 26.9. The lowest BCUT2D eigenvalue weighted by atomic mass is 10.0. The van der Waals surface area contributed by atoms with Gasteiger partial charge in [-0.05, 0) is 83.5 Å². The SMILES string of the molecule is CC/C=C/C/C=C/C/C=C/CCCCCCC(CC(=O)NC(CO)C(O)CCCCCCCCCCCC)OC(=O)CCCCCCCCCCC/C=C/CCCCCCCC. The monoisotopic (exact) mass is 870 g/mol. The van der Waals surface area contributed by atoms with Gasteiger partial charge in [-0.1, -0.05) is 223 Å². The second kappa shape index (κ2) is 49.8. The molecule has 0 aromatic carbocycles. The van der Waals surface area contributed by atoms with E-state index >= 15 is 0 Å². The zero-order chi connectivity index (χ0) is 45.2. The fourth-order valence-corrected chi connectivity index (χ4v) is 8.09. The van der Waals surface area contributed by atoms with Gasteiger partial charge in [-0.2, -0.15) is 0 Å². The van der Waals surface area contributed by atoms with E-state index in [9.17, 15) is 19.8 Å². The van der Waals surface area contributed by atoms with Gasteiger partial charge in [0.25, 0.3) is 0 Å². The highest BCUT2D eigenvalue weighted by atomic mass is 16.5. The van der Waals surface area contributed by atoms with Gasteiger partial charge < -0.3 is 20.3 Å². The molecule has 0 radical (unpaired) electrons. The molecule has 62 heavy (non-hydrogen) atoms. The molecule has 0 aromatic rings. The molecule has 1 amide bonds. The molecule has 3 atom stereocenters. The number of allylic oxidation sites excluding steroid dienone is 8. The van der Waals surface area contributed by atoms with Gasteiger partial charge in [0, 0.05) is 6.42 Å². The first kappa shape index (κ1) is 59.8. The molecule has 0 bridgehead atoms. The van der Waals surface area contributed by atoms with Crippen LogP contribution >= 0.6 is 0 Å². The van der Waals surface area contributed by atoms with Crippen molar-refractivity contribution < 1.29 is 24.5 Å². The number of amides is 1. The highest BCUT2D eigenvalue weighted by Crippen LogP contribution is 2.18. The average molecular weight is 870 g/mol. The molecule has 0 aliphatic rings. The van der Waals surface area contributed by atoms with Crippen LogP contribution in [0.25, 0.3) is 0 Å². The predicted molar refractivity (Wildman–Crippen MR) is 269 cm³/mol. The number of hydrogen-bond acceptors (Lipinski definition) is 5. The van der Waals surface area contributed by atoms with E-state index < -0.39 is 18.2 Å². The number of hydrogen-bond donors (Lipinski definition) is 3. The summed E-state index contributed by atoms with van der Waals surface area (Å²) < 4.78 is 5.93. The largest absolute Gasteiger partial charge is 0.462 e. The lowest BCUT2D eigenvalue weighted by molar-refractivity contribution is -0.151. The molecule has 6 heteroatoms. The second-order valence-electron chi connectivity index (χ2n) is 18.2. The molecule has 0 saturated heterocycles. The number of rotatable bonds is 48. The summed E-state index contributed by atoms with van der Waals surface area (Å²) in [5, 5.41) is 23.7. The fraction of sp³-hybridized carbons (Fsp3) is 0.821. The van der Waals surface area contributed by atoms with Crippen molar-refractivity contribution in [3.63, 3.8) is 0 Å². The number of carbonyl (C=O) groups excluding carboxylic acids is 2. The molecule has 0 aliphatic carbocycles.